The molecule has 1 unspecified atom stereocenters. The molecule has 1 aliphatic rings. The molecule has 134 valence electrons. The molecule has 1 atom stereocenters. The van der Waals surface area contributed by atoms with Crippen molar-refractivity contribution >= 4 is 17.5 Å². The lowest BCUT2D eigenvalue weighted by Crippen LogP contribution is -2.17. The van der Waals surface area contributed by atoms with Gasteiger partial charge in [-0.15, -0.1) is 0 Å². The van der Waals surface area contributed by atoms with Crippen molar-refractivity contribution in [1.29, 1.82) is 0 Å². The molecule has 1 aliphatic heterocycles. The highest BCUT2D eigenvalue weighted by atomic mass is 35.5. The third kappa shape index (κ3) is 3.44. The molecular weight excluding hydrogens is 358 g/mol. The van der Waals surface area contributed by atoms with Crippen LogP contribution < -0.4 is 14.8 Å². The molecule has 26 heavy (non-hydrogen) atoms. The van der Waals surface area contributed by atoms with Gasteiger partial charge in [-0.3, -0.25) is 0 Å². The lowest BCUT2D eigenvalue weighted by atomic mass is 10.1. The molecule has 0 spiro atoms. The van der Waals surface area contributed by atoms with E-state index in [9.17, 15) is 5.11 Å². The molecule has 0 aliphatic carbocycles. The Bertz CT molecular complexity index is 901. The van der Waals surface area contributed by atoms with E-state index >= 15 is 0 Å². The maximum atomic E-state index is 10.4. The molecular formula is C18H16ClN3O4. The largest absolute Gasteiger partial charge is 0.486 e. The number of rotatable bonds is 5. The number of benzene rings is 2. The summed E-state index contributed by atoms with van der Waals surface area (Å²) < 4.78 is 16.2. The van der Waals surface area contributed by atoms with E-state index in [2.05, 4.69) is 15.5 Å². The van der Waals surface area contributed by atoms with E-state index in [0.717, 1.165) is 5.56 Å². The number of aliphatic hydroxyl groups is 1. The average molecular weight is 374 g/mol. The third-order valence-electron chi connectivity index (χ3n) is 3.90. The van der Waals surface area contributed by atoms with E-state index in [-0.39, 0.29) is 6.54 Å². The summed E-state index contributed by atoms with van der Waals surface area (Å²) in [6.45, 7) is 1.09. The quantitative estimate of drug-likeness (QED) is 0.709. The highest BCUT2D eigenvalue weighted by Gasteiger charge is 2.20. The Hall–Kier alpha value is -2.77. The molecule has 8 heteroatoms. The van der Waals surface area contributed by atoms with Crippen LogP contribution in [0.15, 0.2) is 47.0 Å². The number of fused-ring (bicyclic) bond motifs is 1. The van der Waals surface area contributed by atoms with Crippen molar-refractivity contribution < 1.29 is 19.1 Å². The van der Waals surface area contributed by atoms with Gasteiger partial charge in [0, 0.05) is 12.1 Å². The minimum absolute atomic E-state index is 0.184. The van der Waals surface area contributed by atoms with Gasteiger partial charge in [-0.2, -0.15) is 4.98 Å². The maximum Gasteiger partial charge on any atom is 0.263 e. The topological polar surface area (TPSA) is 89.6 Å². The SMILES string of the molecule is OC(CNc1noc(-c2ccccc2)n1)c1cc(Cl)c2c(c1)OCCO2. The monoisotopic (exact) mass is 373 g/mol. The van der Waals surface area contributed by atoms with Gasteiger partial charge in [-0.25, -0.2) is 0 Å². The zero-order valence-corrected chi connectivity index (χ0v) is 14.4. The number of aliphatic hydroxyl groups excluding tert-OH is 1. The van der Waals surface area contributed by atoms with E-state index in [1.54, 1.807) is 12.1 Å². The van der Waals surface area contributed by atoms with Crippen LogP contribution in [0.25, 0.3) is 11.5 Å². The van der Waals surface area contributed by atoms with E-state index in [4.69, 9.17) is 25.6 Å². The van der Waals surface area contributed by atoms with Gasteiger partial charge >= 0.3 is 0 Å². The molecule has 0 amide bonds. The first kappa shape index (κ1) is 16.7. The second-order valence-corrected chi connectivity index (χ2v) is 6.12. The van der Waals surface area contributed by atoms with Crippen molar-refractivity contribution in [1.82, 2.24) is 10.1 Å². The second-order valence-electron chi connectivity index (χ2n) is 5.71. The molecule has 0 saturated carbocycles. The van der Waals surface area contributed by atoms with Gasteiger partial charge in [0.15, 0.2) is 11.5 Å². The summed E-state index contributed by atoms with van der Waals surface area (Å²) in [7, 11) is 0. The van der Waals surface area contributed by atoms with Gasteiger partial charge in [0.05, 0.1) is 11.1 Å². The van der Waals surface area contributed by atoms with Gasteiger partial charge in [0.1, 0.15) is 13.2 Å². The van der Waals surface area contributed by atoms with Crippen LogP contribution in [0.5, 0.6) is 11.5 Å². The maximum absolute atomic E-state index is 10.4. The Morgan fingerprint density at radius 3 is 2.81 bits per heavy atom. The van der Waals surface area contributed by atoms with Crippen molar-refractivity contribution in [3.63, 3.8) is 0 Å². The molecule has 3 aromatic rings. The number of aromatic nitrogens is 2. The van der Waals surface area contributed by atoms with Crippen LogP contribution >= 0.6 is 11.6 Å². The molecule has 0 fully saturated rings. The van der Waals surface area contributed by atoms with E-state index in [0.29, 0.717) is 47.1 Å². The average Bonchev–Trinajstić information content (AvgIpc) is 3.16. The van der Waals surface area contributed by atoms with Gasteiger partial charge < -0.3 is 24.4 Å². The summed E-state index contributed by atoms with van der Waals surface area (Å²) >= 11 is 6.20. The summed E-state index contributed by atoms with van der Waals surface area (Å²) in [6, 6.07) is 12.8. The number of nitrogens with zero attached hydrogens (tertiary/aromatic N) is 2. The smallest absolute Gasteiger partial charge is 0.263 e. The first-order chi connectivity index (χ1) is 12.7. The van der Waals surface area contributed by atoms with Crippen LogP contribution in [-0.4, -0.2) is 35.0 Å². The third-order valence-corrected chi connectivity index (χ3v) is 4.18. The van der Waals surface area contributed by atoms with Gasteiger partial charge in [-0.1, -0.05) is 29.8 Å². The molecule has 7 nitrogen and oxygen atoms in total. The van der Waals surface area contributed by atoms with E-state index < -0.39 is 6.10 Å². The Morgan fingerprint density at radius 1 is 1.15 bits per heavy atom. The molecule has 1 aromatic heterocycles. The van der Waals surface area contributed by atoms with Gasteiger partial charge in [0.25, 0.3) is 11.8 Å². The van der Waals surface area contributed by atoms with E-state index in [1.165, 1.54) is 0 Å². The number of nitrogens with one attached hydrogen (secondary N) is 1. The highest BCUT2D eigenvalue weighted by Crippen LogP contribution is 2.39. The van der Waals surface area contributed by atoms with Gasteiger partial charge in [-0.05, 0) is 35.0 Å². The van der Waals surface area contributed by atoms with Crippen molar-refractivity contribution in [3.8, 4) is 23.0 Å². The van der Waals surface area contributed by atoms with Crippen molar-refractivity contribution in [2.24, 2.45) is 0 Å². The first-order valence-electron chi connectivity index (χ1n) is 8.11. The number of hydrogen-bond donors (Lipinski definition) is 2. The molecule has 2 N–H and O–H groups in total. The minimum atomic E-state index is -0.831. The van der Waals surface area contributed by atoms with Crippen molar-refractivity contribution in [3.05, 3.63) is 53.1 Å². The predicted molar refractivity (Wildman–Crippen MR) is 95.6 cm³/mol. The first-order valence-corrected chi connectivity index (χ1v) is 8.48. The van der Waals surface area contributed by atoms with Crippen LogP contribution in [-0.2, 0) is 0 Å². The summed E-state index contributed by atoms with van der Waals surface area (Å²) in [5, 5.41) is 17.7. The zero-order valence-electron chi connectivity index (χ0n) is 13.7. The number of hydrogen-bond acceptors (Lipinski definition) is 7. The normalized spacial score (nSPS) is 14.1. The fourth-order valence-electron chi connectivity index (χ4n) is 2.62. The Kier molecular flexibility index (Phi) is 4.64. The fraction of sp³-hybridized carbons (Fsp3) is 0.222. The van der Waals surface area contributed by atoms with E-state index in [1.807, 2.05) is 30.3 Å². The summed E-state index contributed by atoms with van der Waals surface area (Å²) in [5.74, 6) is 1.74. The van der Waals surface area contributed by atoms with Crippen LogP contribution in [0.3, 0.4) is 0 Å². The second kappa shape index (κ2) is 7.23. The van der Waals surface area contributed by atoms with Crippen LogP contribution in [0.2, 0.25) is 5.02 Å². The molecule has 2 aromatic carbocycles. The Balaban J connectivity index is 1.44. The summed E-state index contributed by atoms with van der Waals surface area (Å²) in [6.07, 6.45) is -0.831. The van der Waals surface area contributed by atoms with Gasteiger partial charge in [0.2, 0.25) is 0 Å². The highest BCUT2D eigenvalue weighted by molar-refractivity contribution is 6.32. The summed E-state index contributed by atoms with van der Waals surface area (Å²) in [4.78, 5) is 4.26. The Labute approximate surface area is 154 Å². The molecule has 4 rings (SSSR count). The molecule has 0 saturated heterocycles. The minimum Gasteiger partial charge on any atom is -0.486 e. The lowest BCUT2D eigenvalue weighted by Gasteiger charge is -2.21. The fourth-order valence-corrected chi connectivity index (χ4v) is 2.90. The predicted octanol–water partition coefficient (Wildman–Crippen LogP) is 3.31. The zero-order chi connectivity index (χ0) is 17.9. The van der Waals surface area contributed by atoms with Crippen molar-refractivity contribution in [2.75, 3.05) is 25.1 Å². The lowest BCUT2D eigenvalue weighted by molar-refractivity contribution is 0.167. The molecule has 0 bridgehead atoms. The summed E-state index contributed by atoms with van der Waals surface area (Å²) in [5.41, 5.74) is 1.44. The molecule has 0 radical (unpaired) electrons. The van der Waals surface area contributed by atoms with Crippen LogP contribution in [0.1, 0.15) is 11.7 Å². The van der Waals surface area contributed by atoms with Crippen LogP contribution in [0.4, 0.5) is 5.95 Å². The molecule has 2 heterocycles. The number of halogens is 1. The number of anilines is 1. The van der Waals surface area contributed by atoms with Crippen LogP contribution in [0, 0.1) is 0 Å². The Morgan fingerprint density at radius 2 is 1.96 bits per heavy atom. The standard InChI is InChI=1S/C18H16ClN3O4/c19-13-8-12(9-15-16(13)25-7-6-24-15)14(23)10-20-18-21-17(26-22-18)11-4-2-1-3-5-11/h1-5,8-9,14,23H,6-7,10H2,(H,20,22). The van der Waals surface area contributed by atoms with Crippen molar-refractivity contribution in [2.45, 2.75) is 6.10 Å². The number of ether oxygens (including phenoxy) is 2.